The summed E-state index contributed by atoms with van der Waals surface area (Å²) in [7, 11) is 0. The molecule has 0 radical (unpaired) electrons. The highest BCUT2D eigenvalue weighted by Gasteiger charge is 2.30. The number of ether oxygens (including phenoxy) is 2. The van der Waals surface area contributed by atoms with E-state index in [1.54, 1.807) is 63.5 Å². The summed E-state index contributed by atoms with van der Waals surface area (Å²) < 4.78 is 12.1. The first-order chi connectivity index (χ1) is 16.1. The Hall–Kier alpha value is -3.63. The van der Waals surface area contributed by atoms with Crippen molar-refractivity contribution in [1.29, 1.82) is 0 Å². The van der Waals surface area contributed by atoms with Crippen LogP contribution in [0.5, 0.6) is 0 Å². The SMILES string of the molecule is CC(C)(C)OC(=O)N1CCN(C(=O)c2cn(C(=O)OC(C)(C)C)c3cc(C[N+](=O)[O-])ccc23)CC1. The molecule has 0 aliphatic carbocycles. The van der Waals surface area contributed by atoms with Crippen LogP contribution >= 0.6 is 0 Å². The highest BCUT2D eigenvalue weighted by molar-refractivity contribution is 6.09. The van der Waals surface area contributed by atoms with Crippen LogP contribution in [0.2, 0.25) is 0 Å². The molecule has 190 valence electrons. The first kappa shape index (κ1) is 26.0. The number of amides is 2. The van der Waals surface area contributed by atoms with Crippen LogP contribution in [0.3, 0.4) is 0 Å². The van der Waals surface area contributed by atoms with Crippen molar-refractivity contribution in [1.82, 2.24) is 14.4 Å². The van der Waals surface area contributed by atoms with Gasteiger partial charge in [0, 0.05) is 48.2 Å². The molecule has 1 aliphatic rings. The molecular weight excluding hydrogens is 456 g/mol. The van der Waals surface area contributed by atoms with Crippen LogP contribution in [0.25, 0.3) is 10.9 Å². The van der Waals surface area contributed by atoms with Gasteiger partial charge in [-0.05, 0) is 47.6 Å². The monoisotopic (exact) mass is 488 g/mol. The van der Waals surface area contributed by atoms with Gasteiger partial charge in [0.2, 0.25) is 6.54 Å². The van der Waals surface area contributed by atoms with E-state index in [9.17, 15) is 24.5 Å². The van der Waals surface area contributed by atoms with E-state index in [0.29, 0.717) is 42.6 Å². The molecule has 0 unspecified atom stereocenters. The summed E-state index contributed by atoms with van der Waals surface area (Å²) in [6.45, 7) is 11.4. The van der Waals surface area contributed by atoms with Crippen LogP contribution in [0.1, 0.15) is 57.5 Å². The van der Waals surface area contributed by atoms with Gasteiger partial charge in [0.25, 0.3) is 5.91 Å². The maximum absolute atomic E-state index is 13.4. The molecule has 1 aromatic carbocycles. The summed E-state index contributed by atoms with van der Waals surface area (Å²) in [5.41, 5.74) is -0.343. The molecule has 3 rings (SSSR count). The summed E-state index contributed by atoms with van der Waals surface area (Å²) in [5, 5.41) is 11.5. The molecule has 0 atom stereocenters. The van der Waals surface area contributed by atoms with E-state index >= 15 is 0 Å². The molecule has 1 aromatic heterocycles. The zero-order valence-electron chi connectivity index (χ0n) is 21.0. The second-order valence-electron chi connectivity index (χ2n) is 10.5. The average Bonchev–Trinajstić information content (AvgIpc) is 3.09. The molecule has 0 N–H and O–H groups in total. The molecule has 2 amide bonds. The molecule has 35 heavy (non-hydrogen) atoms. The topological polar surface area (TPSA) is 124 Å². The van der Waals surface area contributed by atoms with Crippen molar-refractivity contribution in [2.45, 2.75) is 59.3 Å². The lowest BCUT2D eigenvalue weighted by atomic mass is 10.1. The summed E-state index contributed by atoms with van der Waals surface area (Å²) >= 11 is 0. The first-order valence-corrected chi connectivity index (χ1v) is 11.4. The third-order valence-electron chi connectivity index (χ3n) is 5.22. The Balaban J connectivity index is 1.88. The Labute approximate surface area is 203 Å². The minimum atomic E-state index is -0.770. The normalized spacial score (nSPS) is 14.7. The summed E-state index contributed by atoms with van der Waals surface area (Å²) in [5.74, 6) is -0.303. The van der Waals surface area contributed by atoms with Crippen LogP contribution < -0.4 is 0 Å². The van der Waals surface area contributed by atoms with Gasteiger partial charge in [-0.3, -0.25) is 19.5 Å². The fourth-order valence-corrected chi connectivity index (χ4v) is 3.74. The van der Waals surface area contributed by atoms with Crippen LogP contribution in [0.4, 0.5) is 9.59 Å². The fourth-order valence-electron chi connectivity index (χ4n) is 3.74. The Morgan fingerprint density at radius 2 is 1.46 bits per heavy atom. The van der Waals surface area contributed by atoms with E-state index in [4.69, 9.17) is 9.47 Å². The Morgan fingerprint density at radius 1 is 0.914 bits per heavy atom. The Kier molecular flexibility index (Phi) is 7.09. The van der Waals surface area contributed by atoms with E-state index in [2.05, 4.69) is 0 Å². The number of hydrogen-bond donors (Lipinski definition) is 0. The molecule has 1 aliphatic heterocycles. The van der Waals surface area contributed by atoms with E-state index < -0.39 is 34.9 Å². The second-order valence-corrected chi connectivity index (χ2v) is 10.5. The predicted octanol–water partition coefficient (Wildman–Crippen LogP) is 3.89. The van der Waals surface area contributed by atoms with Gasteiger partial charge < -0.3 is 19.3 Å². The molecule has 11 heteroatoms. The lowest BCUT2D eigenvalue weighted by molar-refractivity contribution is -0.496. The van der Waals surface area contributed by atoms with Gasteiger partial charge in [0.1, 0.15) is 11.2 Å². The minimum absolute atomic E-state index is 0.282. The maximum atomic E-state index is 13.4. The van der Waals surface area contributed by atoms with E-state index in [-0.39, 0.29) is 11.5 Å². The zero-order chi connectivity index (χ0) is 26.1. The largest absolute Gasteiger partial charge is 0.444 e. The van der Waals surface area contributed by atoms with E-state index in [1.165, 1.54) is 16.8 Å². The molecule has 1 fully saturated rings. The van der Waals surface area contributed by atoms with Crippen molar-refractivity contribution in [2.75, 3.05) is 26.2 Å². The van der Waals surface area contributed by atoms with Crippen molar-refractivity contribution in [3.63, 3.8) is 0 Å². The number of nitro groups is 1. The summed E-state index contributed by atoms with van der Waals surface area (Å²) in [4.78, 5) is 52.3. The molecule has 1 saturated heterocycles. The smallest absolute Gasteiger partial charge is 0.419 e. The van der Waals surface area contributed by atoms with Crippen LogP contribution in [0, 0.1) is 10.1 Å². The van der Waals surface area contributed by atoms with Crippen LogP contribution in [-0.2, 0) is 16.0 Å². The Morgan fingerprint density at radius 3 is 2.00 bits per heavy atom. The summed E-state index contributed by atoms with van der Waals surface area (Å²) in [6.07, 6.45) is 0.302. The minimum Gasteiger partial charge on any atom is -0.444 e. The molecule has 2 aromatic rings. The number of hydrogen-bond acceptors (Lipinski definition) is 7. The zero-order valence-corrected chi connectivity index (χ0v) is 21.0. The molecule has 2 heterocycles. The average molecular weight is 489 g/mol. The van der Waals surface area contributed by atoms with Crippen LogP contribution in [0.15, 0.2) is 24.4 Å². The van der Waals surface area contributed by atoms with Gasteiger partial charge in [-0.15, -0.1) is 0 Å². The van der Waals surface area contributed by atoms with Crippen molar-refractivity contribution < 1.29 is 28.8 Å². The van der Waals surface area contributed by atoms with Gasteiger partial charge in [-0.2, -0.15) is 0 Å². The van der Waals surface area contributed by atoms with Crippen molar-refractivity contribution in [3.8, 4) is 0 Å². The molecular formula is C24H32N4O7. The number of carbonyl (C=O) groups is 3. The third-order valence-corrected chi connectivity index (χ3v) is 5.22. The van der Waals surface area contributed by atoms with E-state index in [1.807, 2.05) is 0 Å². The van der Waals surface area contributed by atoms with Crippen molar-refractivity contribution in [3.05, 3.63) is 45.6 Å². The molecule has 0 bridgehead atoms. The number of rotatable bonds is 3. The number of nitrogens with zero attached hydrogens (tertiary/aromatic N) is 4. The van der Waals surface area contributed by atoms with Gasteiger partial charge in [0.15, 0.2) is 0 Å². The predicted molar refractivity (Wildman–Crippen MR) is 128 cm³/mol. The molecule has 11 nitrogen and oxygen atoms in total. The van der Waals surface area contributed by atoms with Gasteiger partial charge in [-0.1, -0.05) is 12.1 Å². The third kappa shape index (κ3) is 6.49. The number of benzene rings is 1. The maximum Gasteiger partial charge on any atom is 0.419 e. The Bertz CT molecular complexity index is 1150. The van der Waals surface area contributed by atoms with Crippen molar-refractivity contribution >= 4 is 29.0 Å². The van der Waals surface area contributed by atoms with Gasteiger partial charge >= 0.3 is 12.2 Å². The molecule has 0 spiro atoms. The number of fused-ring (bicyclic) bond motifs is 1. The van der Waals surface area contributed by atoms with Crippen molar-refractivity contribution in [2.24, 2.45) is 0 Å². The lowest BCUT2D eigenvalue weighted by Crippen LogP contribution is -2.51. The quantitative estimate of drug-likeness (QED) is 0.474. The van der Waals surface area contributed by atoms with Gasteiger partial charge in [0.05, 0.1) is 11.1 Å². The van der Waals surface area contributed by atoms with Crippen LogP contribution in [-0.4, -0.2) is 74.8 Å². The first-order valence-electron chi connectivity index (χ1n) is 11.4. The lowest BCUT2D eigenvalue weighted by Gasteiger charge is -2.35. The second kappa shape index (κ2) is 9.55. The molecule has 0 saturated carbocycles. The fraction of sp³-hybridized carbons (Fsp3) is 0.542. The highest BCUT2D eigenvalue weighted by atomic mass is 16.6. The number of carbonyl (C=O) groups excluding carboxylic acids is 3. The van der Waals surface area contributed by atoms with E-state index in [0.717, 1.165) is 0 Å². The number of aromatic nitrogens is 1. The highest BCUT2D eigenvalue weighted by Crippen LogP contribution is 2.26. The number of piperazine rings is 1. The standard InChI is InChI=1S/C24H32N4O7/c1-23(2,3)34-21(30)26-11-9-25(10-12-26)20(29)18-15-27(22(31)35-24(4,5)6)19-13-16(14-28(32)33)7-8-17(18)19/h7-8,13,15H,9-12,14H2,1-6H3. The summed E-state index contributed by atoms with van der Waals surface area (Å²) in [6, 6.07) is 4.71. The van der Waals surface area contributed by atoms with Gasteiger partial charge in [-0.25, -0.2) is 9.59 Å².